The predicted molar refractivity (Wildman–Crippen MR) is 71.5 cm³/mol. The summed E-state index contributed by atoms with van der Waals surface area (Å²) in [6, 6.07) is 0.555. The number of hydrogen-bond acceptors (Lipinski definition) is 4. The first-order valence-corrected chi connectivity index (χ1v) is 7.29. The van der Waals surface area contributed by atoms with Crippen molar-refractivity contribution in [2.75, 3.05) is 26.7 Å². The van der Waals surface area contributed by atoms with E-state index in [-0.39, 0.29) is 5.97 Å². The van der Waals surface area contributed by atoms with Gasteiger partial charge in [-0.25, -0.2) is 0 Å². The van der Waals surface area contributed by atoms with Gasteiger partial charge in [0, 0.05) is 6.04 Å². The average Bonchev–Trinajstić information content (AvgIpc) is 2.92. The monoisotopic (exact) mass is 254 g/mol. The smallest absolute Gasteiger partial charge is 0.326 e. The number of likely N-dealkylation sites (tertiary alicyclic amines) is 1. The Balaban J connectivity index is 2.07. The number of hydrogen-bond donors (Lipinski definition) is 1. The second kappa shape index (κ2) is 6.02. The van der Waals surface area contributed by atoms with Crippen LogP contribution in [0.2, 0.25) is 0 Å². The molecule has 1 aliphatic heterocycles. The number of nitrogens with one attached hydrogen (secondary N) is 1. The largest absolute Gasteiger partial charge is 0.468 e. The number of nitrogens with zero attached hydrogens (tertiary/aromatic N) is 1. The average molecular weight is 254 g/mol. The number of methoxy groups -OCH3 is 1. The third kappa shape index (κ3) is 2.69. The van der Waals surface area contributed by atoms with E-state index in [1.807, 2.05) is 0 Å². The Morgan fingerprint density at radius 2 is 2.11 bits per heavy atom. The van der Waals surface area contributed by atoms with Gasteiger partial charge >= 0.3 is 5.97 Å². The van der Waals surface area contributed by atoms with Gasteiger partial charge in [-0.1, -0.05) is 6.92 Å². The molecule has 2 aliphatic rings. The minimum Gasteiger partial charge on any atom is -0.468 e. The maximum absolute atomic E-state index is 12.1. The summed E-state index contributed by atoms with van der Waals surface area (Å²) in [5.41, 5.74) is -0.436. The number of rotatable bonds is 4. The molecule has 2 fully saturated rings. The van der Waals surface area contributed by atoms with Gasteiger partial charge in [-0.05, 0) is 58.2 Å². The fourth-order valence-electron chi connectivity index (χ4n) is 3.62. The van der Waals surface area contributed by atoms with Crippen molar-refractivity contribution in [1.29, 1.82) is 0 Å². The molecular weight excluding hydrogens is 228 g/mol. The Morgan fingerprint density at radius 3 is 2.72 bits per heavy atom. The van der Waals surface area contributed by atoms with E-state index >= 15 is 0 Å². The van der Waals surface area contributed by atoms with Crippen LogP contribution in [0.5, 0.6) is 0 Å². The van der Waals surface area contributed by atoms with E-state index < -0.39 is 5.54 Å². The number of ether oxygens (including phenoxy) is 1. The van der Waals surface area contributed by atoms with Gasteiger partial charge in [-0.15, -0.1) is 0 Å². The molecule has 0 radical (unpaired) electrons. The summed E-state index contributed by atoms with van der Waals surface area (Å²) in [4.78, 5) is 14.7. The van der Waals surface area contributed by atoms with Gasteiger partial charge in [0.15, 0.2) is 0 Å². The maximum Gasteiger partial charge on any atom is 0.326 e. The molecule has 1 saturated heterocycles. The molecule has 104 valence electrons. The number of esters is 1. The zero-order valence-electron chi connectivity index (χ0n) is 11.7. The molecule has 1 aliphatic carbocycles. The fourth-order valence-corrected chi connectivity index (χ4v) is 3.62. The highest BCUT2D eigenvalue weighted by Gasteiger charge is 2.44. The Morgan fingerprint density at radius 1 is 1.39 bits per heavy atom. The van der Waals surface area contributed by atoms with Crippen LogP contribution in [0, 0.1) is 0 Å². The van der Waals surface area contributed by atoms with E-state index in [2.05, 4.69) is 17.1 Å². The Hall–Kier alpha value is -0.610. The van der Waals surface area contributed by atoms with E-state index in [1.54, 1.807) is 0 Å². The van der Waals surface area contributed by atoms with Crippen molar-refractivity contribution in [2.24, 2.45) is 0 Å². The molecule has 0 spiro atoms. The molecule has 0 aromatic heterocycles. The van der Waals surface area contributed by atoms with E-state index in [0.29, 0.717) is 6.04 Å². The zero-order valence-corrected chi connectivity index (χ0v) is 11.7. The van der Waals surface area contributed by atoms with Crippen LogP contribution < -0.4 is 5.32 Å². The summed E-state index contributed by atoms with van der Waals surface area (Å²) in [5.74, 6) is -0.0757. The van der Waals surface area contributed by atoms with Gasteiger partial charge in [0.05, 0.1) is 7.11 Å². The van der Waals surface area contributed by atoms with Gasteiger partial charge in [-0.2, -0.15) is 0 Å². The first-order valence-electron chi connectivity index (χ1n) is 7.29. The van der Waals surface area contributed by atoms with Gasteiger partial charge < -0.3 is 15.0 Å². The molecule has 1 heterocycles. The van der Waals surface area contributed by atoms with E-state index in [4.69, 9.17) is 4.74 Å². The van der Waals surface area contributed by atoms with Crippen LogP contribution >= 0.6 is 0 Å². The summed E-state index contributed by atoms with van der Waals surface area (Å²) < 4.78 is 5.04. The molecule has 0 aromatic carbocycles. The maximum atomic E-state index is 12.1. The SMILES string of the molecule is CCNC1(C(=O)OC)CCCC(N2CCCC2)C1. The van der Waals surface area contributed by atoms with E-state index in [9.17, 15) is 4.79 Å². The van der Waals surface area contributed by atoms with Crippen LogP contribution in [0.15, 0.2) is 0 Å². The summed E-state index contributed by atoms with van der Waals surface area (Å²) in [5, 5.41) is 3.40. The van der Waals surface area contributed by atoms with Crippen LogP contribution in [-0.4, -0.2) is 49.2 Å². The lowest BCUT2D eigenvalue weighted by Crippen LogP contribution is -2.58. The molecule has 1 saturated carbocycles. The second-order valence-electron chi connectivity index (χ2n) is 5.60. The van der Waals surface area contributed by atoms with Crippen LogP contribution in [0.4, 0.5) is 0 Å². The number of carbonyl (C=O) groups is 1. The molecular formula is C14H26N2O2. The van der Waals surface area contributed by atoms with Gasteiger partial charge in [0.1, 0.15) is 5.54 Å². The fraction of sp³-hybridized carbons (Fsp3) is 0.929. The Labute approximate surface area is 110 Å². The van der Waals surface area contributed by atoms with Gasteiger partial charge in [0.25, 0.3) is 0 Å². The normalized spacial score (nSPS) is 33.6. The standard InChI is InChI=1S/C14H26N2O2/c1-3-15-14(13(17)18-2)8-6-7-12(11-14)16-9-4-5-10-16/h12,15H,3-11H2,1-2H3. The van der Waals surface area contributed by atoms with E-state index in [1.165, 1.54) is 39.5 Å². The first-order chi connectivity index (χ1) is 8.72. The molecule has 4 nitrogen and oxygen atoms in total. The van der Waals surface area contributed by atoms with Crippen molar-refractivity contribution in [3.05, 3.63) is 0 Å². The summed E-state index contributed by atoms with van der Waals surface area (Å²) in [6.45, 7) is 5.29. The molecule has 0 bridgehead atoms. The van der Waals surface area contributed by atoms with Crippen molar-refractivity contribution < 1.29 is 9.53 Å². The molecule has 0 aromatic rings. The highest BCUT2D eigenvalue weighted by atomic mass is 16.5. The third-order valence-electron chi connectivity index (χ3n) is 4.47. The molecule has 1 N–H and O–H groups in total. The summed E-state index contributed by atoms with van der Waals surface area (Å²) >= 11 is 0. The highest BCUT2D eigenvalue weighted by molar-refractivity contribution is 5.81. The van der Waals surface area contributed by atoms with Crippen molar-refractivity contribution in [3.63, 3.8) is 0 Å². The van der Waals surface area contributed by atoms with Crippen molar-refractivity contribution in [3.8, 4) is 0 Å². The van der Waals surface area contributed by atoms with Crippen LogP contribution in [0.3, 0.4) is 0 Å². The third-order valence-corrected chi connectivity index (χ3v) is 4.47. The van der Waals surface area contributed by atoms with Gasteiger partial charge in [-0.3, -0.25) is 4.79 Å². The molecule has 2 rings (SSSR count). The number of likely N-dealkylation sites (N-methyl/N-ethyl adjacent to an activating group) is 1. The van der Waals surface area contributed by atoms with Crippen molar-refractivity contribution in [2.45, 2.75) is 57.0 Å². The summed E-state index contributed by atoms with van der Waals surface area (Å²) in [7, 11) is 1.50. The quantitative estimate of drug-likeness (QED) is 0.773. The van der Waals surface area contributed by atoms with Crippen molar-refractivity contribution in [1.82, 2.24) is 10.2 Å². The number of carbonyl (C=O) groups excluding carboxylic acids is 1. The lowest BCUT2D eigenvalue weighted by atomic mass is 9.78. The zero-order chi connectivity index (χ0) is 13.0. The molecule has 18 heavy (non-hydrogen) atoms. The molecule has 2 unspecified atom stereocenters. The molecule has 2 atom stereocenters. The van der Waals surface area contributed by atoms with Gasteiger partial charge in [0.2, 0.25) is 0 Å². The van der Waals surface area contributed by atoms with Crippen LogP contribution in [0.1, 0.15) is 45.4 Å². The predicted octanol–water partition coefficient (Wildman–Crippen LogP) is 1.55. The lowest BCUT2D eigenvalue weighted by molar-refractivity contribution is -0.151. The minimum absolute atomic E-state index is 0.0757. The van der Waals surface area contributed by atoms with E-state index in [0.717, 1.165) is 25.8 Å². The summed E-state index contributed by atoms with van der Waals surface area (Å²) in [6.07, 6.45) is 6.78. The molecule has 0 amide bonds. The first kappa shape index (κ1) is 13.8. The van der Waals surface area contributed by atoms with Crippen LogP contribution in [0.25, 0.3) is 0 Å². The van der Waals surface area contributed by atoms with Crippen molar-refractivity contribution >= 4 is 5.97 Å². The molecule has 4 heteroatoms. The highest BCUT2D eigenvalue weighted by Crippen LogP contribution is 2.33. The van der Waals surface area contributed by atoms with Crippen LogP contribution in [-0.2, 0) is 9.53 Å². The topological polar surface area (TPSA) is 41.6 Å². The Bertz CT molecular complexity index is 286. The Kier molecular flexibility index (Phi) is 4.62. The lowest BCUT2D eigenvalue weighted by Gasteiger charge is -2.42. The minimum atomic E-state index is -0.436. The second-order valence-corrected chi connectivity index (χ2v) is 5.60.